The van der Waals surface area contributed by atoms with Crippen molar-refractivity contribution >= 4 is 35.4 Å². The molecule has 6 nitrogen and oxygen atoms in total. The van der Waals surface area contributed by atoms with Crippen LogP contribution in [0.3, 0.4) is 0 Å². The van der Waals surface area contributed by atoms with Gasteiger partial charge >= 0.3 is 11.9 Å². The van der Waals surface area contributed by atoms with E-state index >= 15 is 0 Å². The lowest BCUT2D eigenvalue weighted by Gasteiger charge is -2.15. The summed E-state index contributed by atoms with van der Waals surface area (Å²) in [5.74, 6) is -2.70. The third-order valence-electron chi connectivity index (χ3n) is 4.18. The van der Waals surface area contributed by atoms with Crippen molar-refractivity contribution in [3.8, 4) is 0 Å². The Bertz CT molecular complexity index is 838. The SMILES string of the molecule is C=Cc1ccc(C(=O)c2ccc(Cl)n2CCC(C(=O)OC)C(=O)OC)cc1. The summed E-state index contributed by atoms with van der Waals surface area (Å²) < 4.78 is 10.9. The molecular formula is C20H20ClNO5. The number of ether oxygens (including phenoxy) is 2. The number of rotatable bonds is 8. The Morgan fingerprint density at radius 2 is 1.67 bits per heavy atom. The lowest BCUT2D eigenvalue weighted by Crippen LogP contribution is -2.28. The van der Waals surface area contributed by atoms with Crippen LogP contribution < -0.4 is 0 Å². The Labute approximate surface area is 162 Å². The second kappa shape index (κ2) is 9.19. The van der Waals surface area contributed by atoms with Crippen molar-refractivity contribution in [3.05, 3.63) is 65.0 Å². The number of carbonyl (C=O) groups is 3. The van der Waals surface area contributed by atoms with Crippen LogP contribution in [0, 0.1) is 5.92 Å². The molecule has 0 fully saturated rings. The minimum Gasteiger partial charge on any atom is -0.468 e. The van der Waals surface area contributed by atoms with Crippen LogP contribution in [0.1, 0.15) is 28.0 Å². The van der Waals surface area contributed by atoms with Crippen LogP contribution in [0.5, 0.6) is 0 Å². The number of aromatic nitrogens is 1. The zero-order chi connectivity index (χ0) is 20.0. The molecule has 1 heterocycles. The van der Waals surface area contributed by atoms with Crippen molar-refractivity contribution in [1.29, 1.82) is 0 Å². The van der Waals surface area contributed by atoms with Gasteiger partial charge in [0.05, 0.1) is 19.9 Å². The molecule has 2 rings (SSSR count). The number of hydrogen-bond acceptors (Lipinski definition) is 5. The highest BCUT2D eigenvalue weighted by Gasteiger charge is 2.29. The van der Waals surface area contributed by atoms with E-state index < -0.39 is 17.9 Å². The number of methoxy groups -OCH3 is 2. The summed E-state index contributed by atoms with van der Waals surface area (Å²) in [6.45, 7) is 3.86. The van der Waals surface area contributed by atoms with Crippen LogP contribution in [-0.4, -0.2) is 36.5 Å². The molecule has 2 aromatic rings. The third kappa shape index (κ3) is 4.65. The van der Waals surface area contributed by atoms with Gasteiger partial charge in [0.1, 0.15) is 5.15 Å². The zero-order valence-corrected chi connectivity index (χ0v) is 15.9. The maximum atomic E-state index is 12.8. The summed E-state index contributed by atoms with van der Waals surface area (Å²) in [7, 11) is 2.39. The number of benzene rings is 1. The van der Waals surface area contributed by atoms with Crippen molar-refractivity contribution in [2.75, 3.05) is 14.2 Å². The van der Waals surface area contributed by atoms with Gasteiger partial charge in [-0.2, -0.15) is 0 Å². The maximum Gasteiger partial charge on any atom is 0.320 e. The average molecular weight is 390 g/mol. The molecule has 0 amide bonds. The number of halogens is 1. The Hall–Kier alpha value is -2.86. The first-order valence-corrected chi connectivity index (χ1v) is 8.58. The molecule has 0 radical (unpaired) electrons. The predicted molar refractivity (Wildman–Crippen MR) is 102 cm³/mol. The van der Waals surface area contributed by atoms with Gasteiger partial charge < -0.3 is 14.0 Å². The minimum absolute atomic E-state index is 0.0867. The molecular weight excluding hydrogens is 370 g/mol. The lowest BCUT2D eigenvalue weighted by molar-refractivity contribution is -0.159. The largest absolute Gasteiger partial charge is 0.468 e. The molecule has 0 N–H and O–H groups in total. The van der Waals surface area contributed by atoms with Crippen LogP contribution in [0.2, 0.25) is 5.15 Å². The molecule has 0 bridgehead atoms. The first-order chi connectivity index (χ1) is 12.9. The standard InChI is InChI=1S/C20H20ClNO5/c1-4-13-5-7-14(8-6-13)18(23)16-9-10-17(21)22(16)12-11-15(19(24)26-2)20(25)27-3/h4-10,15H,1,11-12H2,2-3H3. The molecule has 0 aliphatic heterocycles. The van der Waals surface area contributed by atoms with Crippen molar-refractivity contribution in [1.82, 2.24) is 4.57 Å². The minimum atomic E-state index is -1.09. The summed E-state index contributed by atoms with van der Waals surface area (Å²) in [6, 6.07) is 10.2. The highest BCUT2D eigenvalue weighted by atomic mass is 35.5. The molecule has 0 unspecified atom stereocenters. The van der Waals surface area contributed by atoms with Crippen molar-refractivity contribution < 1.29 is 23.9 Å². The number of carbonyl (C=O) groups excluding carboxylic acids is 3. The lowest BCUT2D eigenvalue weighted by atomic mass is 10.0. The number of ketones is 1. The summed E-state index contributed by atoms with van der Waals surface area (Å²) >= 11 is 6.20. The molecule has 7 heteroatoms. The second-order valence-corrected chi connectivity index (χ2v) is 6.12. The number of hydrogen-bond donors (Lipinski definition) is 0. The van der Waals surface area contributed by atoms with Gasteiger partial charge in [0.2, 0.25) is 5.78 Å². The van der Waals surface area contributed by atoms with Gasteiger partial charge in [-0.3, -0.25) is 14.4 Å². The highest BCUT2D eigenvalue weighted by molar-refractivity contribution is 6.30. The quantitative estimate of drug-likeness (QED) is 0.393. The Balaban J connectivity index is 2.24. The fourth-order valence-corrected chi connectivity index (χ4v) is 2.90. The van der Waals surface area contributed by atoms with Crippen LogP contribution in [-0.2, 0) is 25.6 Å². The third-order valence-corrected chi connectivity index (χ3v) is 4.51. The fourth-order valence-electron chi connectivity index (χ4n) is 2.66. The molecule has 0 aliphatic rings. The van der Waals surface area contributed by atoms with E-state index in [9.17, 15) is 14.4 Å². The summed E-state index contributed by atoms with van der Waals surface area (Å²) in [4.78, 5) is 36.5. The summed E-state index contributed by atoms with van der Waals surface area (Å²) in [5, 5.41) is 0.328. The van der Waals surface area contributed by atoms with E-state index in [0.29, 0.717) is 16.4 Å². The van der Waals surface area contributed by atoms with Gasteiger partial charge in [0.15, 0.2) is 5.92 Å². The molecule has 0 aliphatic carbocycles. The fraction of sp³-hybridized carbons (Fsp3) is 0.250. The van der Waals surface area contributed by atoms with E-state index in [-0.39, 0.29) is 18.7 Å². The van der Waals surface area contributed by atoms with E-state index in [1.807, 2.05) is 0 Å². The Kier molecular flexibility index (Phi) is 6.96. The Morgan fingerprint density at radius 3 is 2.19 bits per heavy atom. The van der Waals surface area contributed by atoms with Gasteiger partial charge in [0, 0.05) is 12.1 Å². The van der Waals surface area contributed by atoms with E-state index in [1.165, 1.54) is 14.2 Å². The topological polar surface area (TPSA) is 74.6 Å². The predicted octanol–water partition coefficient (Wildman–Crippen LogP) is 3.37. The first-order valence-electron chi connectivity index (χ1n) is 8.20. The van der Waals surface area contributed by atoms with Gasteiger partial charge in [0.25, 0.3) is 0 Å². The van der Waals surface area contributed by atoms with Gasteiger partial charge in [-0.1, -0.05) is 48.5 Å². The van der Waals surface area contributed by atoms with E-state index in [0.717, 1.165) is 5.56 Å². The van der Waals surface area contributed by atoms with Crippen molar-refractivity contribution in [3.63, 3.8) is 0 Å². The van der Waals surface area contributed by atoms with Crippen LogP contribution in [0.15, 0.2) is 43.0 Å². The molecule has 0 atom stereocenters. The van der Waals surface area contributed by atoms with Gasteiger partial charge in [-0.25, -0.2) is 0 Å². The normalized spacial score (nSPS) is 10.5. The monoisotopic (exact) mass is 389 g/mol. The Morgan fingerprint density at radius 1 is 1.07 bits per heavy atom. The summed E-state index contributed by atoms with van der Waals surface area (Å²) in [6.07, 6.45) is 1.77. The number of nitrogens with zero attached hydrogens (tertiary/aromatic N) is 1. The maximum absolute atomic E-state index is 12.8. The molecule has 1 aromatic heterocycles. The van der Waals surface area contributed by atoms with Crippen LogP contribution >= 0.6 is 11.6 Å². The molecule has 0 spiro atoms. The zero-order valence-electron chi connectivity index (χ0n) is 15.1. The second-order valence-electron chi connectivity index (χ2n) is 5.74. The molecule has 1 aromatic carbocycles. The van der Waals surface area contributed by atoms with Crippen molar-refractivity contribution in [2.24, 2.45) is 5.92 Å². The van der Waals surface area contributed by atoms with E-state index in [2.05, 4.69) is 16.1 Å². The summed E-state index contributed by atoms with van der Waals surface area (Å²) in [5.41, 5.74) is 1.76. The van der Waals surface area contributed by atoms with Gasteiger partial charge in [-0.15, -0.1) is 0 Å². The first kappa shape index (κ1) is 20.5. The van der Waals surface area contributed by atoms with E-state index in [1.54, 1.807) is 47.0 Å². The highest BCUT2D eigenvalue weighted by Crippen LogP contribution is 2.21. The average Bonchev–Trinajstić information content (AvgIpc) is 3.07. The van der Waals surface area contributed by atoms with E-state index in [4.69, 9.17) is 11.6 Å². The van der Waals surface area contributed by atoms with Crippen LogP contribution in [0.4, 0.5) is 0 Å². The number of esters is 2. The molecule has 27 heavy (non-hydrogen) atoms. The van der Waals surface area contributed by atoms with Crippen LogP contribution in [0.25, 0.3) is 6.08 Å². The molecule has 0 saturated carbocycles. The smallest absolute Gasteiger partial charge is 0.320 e. The van der Waals surface area contributed by atoms with Gasteiger partial charge in [-0.05, 0) is 24.1 Å². The van der Waals surface area contributed by atoms with Crippen molar-refractivity contribution in [2.45, 2.75) is 13.0 Å². The molecule has 0 saturated heterocycles. The molecule has 142 valence electrons.